The first-order valence-corrected chi connectivity index (χ1v) is 7.68. The highest BCUT2D eigenvalue weighted by Crippen LogP contribution is 2.21. The minimum Gasteiger partial charge on any atom is -0.398 e. The van der Waals surface area contributed by atoms with Gasteiger partial charge in [0.15, 0.2) is 0 Å². The monoisotopic (exact) mass is 328 g/mol. The van der Waals surface area contributed by atoms with Gasteiger partial charge < -0.3 is 10.5 Å². The largest absolute Gasteiger partial charge is 0.398 e. The molecule has 0 spiro atoms. The fourth-order valence-corrected chi connectivity index (χ4v) is 2.71. The molecule has 4 heteroatoms. The molecule has 0 bridgehead atoms. The van der Waals surface area contributed by atoms with Crippen LogP contribution in [-0.4, -0.2) is 31.2 Å². The predicted molar refractivity (Wildman–Crippen MR) is 85.2 cm³/mol. The molecule has 0 saturated carbocycles. The molecule has 1 rings (SSSR count). The van der Waals surface area contributed by atoms with Gasteiger partial charge in [0.05, 0.1) is 6.61 Å². The van der Waals surface area contributed by atoms with Crippen molar-refractivity contribution in [2.45, 2.75) is 39.3 Å². The average Bonchev–Trinajstić information content (AvgIpc) is 2.39. The molecule has 0 aliphatic rings. The number of halogens is 1. The molecule has 0 aromatic heterocycles. The second kappa shape index (κ2) is 8.56. The van der Waals surface area contributed by atoms with E-state index < -0.39 is 0 Å². The number of hydrogen-bond acceptors (Lipinski definition) is 3. The first-order chi connectivity index (χ1) is 9.12. The van der Waals surface area contributed by atoms with Crippen molar-refractivity contribution in [1.82, 2.24) is 4.90 Å². The van der Waals surface area contributed by atoms with E-state index in [2.05, 4.69) is 40.7 Å². The maximum Gasteiger partial charge on any atom is 0.0589 e. The van der Waals surface area contributed by atoms with Gasteiger partial charge in [-0.25, -0.2) is 0 Å². The smallest absolute Gasteiger partial charge is 0.0589 e. The molecule has 3 nitrogen and oxygen atoms in total. The van der Waals surface area contributed by atoms with Crippen molar-refractivity contribution in [2.24, 2.45) is 0 Å². The molecule has 0 atom stereocenters. The van der Waals surface area contributed by atoms with Crippen molar-refractivity contribution in [3.63, 3.8) is 0 Å². The number of nitrogen functional groups attached to an aromatic ring is 1. The van der Waals surface area contributed by atoms with Crippen molar-refractivity contribution < 1.29 is 4.74 Å². The van der Waals surface area contributed by atoms with Crippen LogP contribution in [0.3, 0.4) is 0 Å². The first kappa shape index (κ1) is 16.5. The zero-order valence-electron chi connectivity index (χ0n) is 12.2. The zero-order chi connectivity index (χ0) is 14.3. The van der Waals surface area contributed by atoms with Crippen LogP contribution < -0.4 is 5.73 Å². The lowest BCUT2D eigenvalue weighted by Crippen LogP contribution is -2.36. The topological polar surface area (TPSA) is 38.5 Å². The summed E-state index contributed by atoms with van der Waals surface area (Å²) in [6, 6.07) is 6.70. The van der Waals surface area contributed by atoms with Crippen LogP contribution in [0.15, 0.2) is 22.7 Å². The molecular weight excluding hydrogens is 304 g/mol. The van der Waals surface area contributed by atoms with Crippen molar-refractivity contribution in [1.29, 1.82) is 0 Å². The molecule has 0 saturated heterocycles. The van der Waals surface area contributed by atoms with E-state index in [0.29, 0.717) is 6.04 Å². The third-order valence-electron chi connectivity index (χ3n) is 3.52. The highest BCUT2D eigenvalue weighted by atomic mass is 79.9. The minimum atomic E-state index is 0.582. The highest BCUT2D eigenvalue weighted by molar-refractivity contribution is 9.10. The van der Waals surface area contributed by atoms with E-state index in [9.17, 15) is 0 Å². The van der Waals surface area contributed by atoms with Crippen molar-refractivity contribution in [3.05, 3.63) is 28.2 Å². The second-order valence-corrected chi connectivity index (χ2v) is 5.69. The summed E-state index contributed by atoms with van der Waals surface area (Å²) in [4.78, 5) is 2.46. The van der Waals surface area contributed by atoms with Crippen LogP contribution in [0.2, 0.25) is 0 Å². The Balaban J connectivity index is 2.80. The van der Waals surface area contributed by atoms with E-state index >= 15 is 0 Å². The van der Waals surface area contributed by atoms with Gasteiger partial charge in [-0.1, -0.05) is 35.8 Å². The Labute approximate surface area is 125 Å². The summed E-state index contributed by atoms with van der Waals surface area (Å²) in [5.74, 6) is 0. The number of nitrogens with zero attached hydrogens (tertiary/aromatic N) is 1. The number of benzene rings is 1. The number of methoxy groups -OCH3 is 1. The van der Waals surface area contributed by atoms with E-state index in [1.165, 1.54) is 5.56 Å². The Kier molecular flexibility index (Phi) is 7.42. The van der Waals surface area contributed by atoms with Gasteiger partial charge >= 0.3 is 0 Å². The first-order valence-electron chi connectivity index (χ1n) is 6.89. The molecule has 0 aliphatic heterocycles. The SMILES string of the molecule is CCC(CC)N(CCOC)Cc1ccc(Br)cc1N. The third-order valence-corrected chi connectivity index (χ3v) is 4.02. The summed E-state index contributed by atoms with van der Waals surface area (Å²) in [7, 11) is 1.75. The van der Waals surface area contributed by atoms with Gasteiger partial charge in [-0.2, -0.15) is 0 Å². The van der Waals surface area contributed by atoms with Crippen molar-refractivity contribution in [2.75, 3.05) is 26.0 Å². The molecule has 19 heavy (non-hydrogen) atoms. The standard InChI is InChI=1S/C15H25BrN2O/c1-4-14(5-2)18(8-9-19-3)11-12-6-7-13(16)10-15(12)17/h6-7,10,14H,4-5,8-9,11,17H2,1-3H3. The van der Waals surface area contributed by atoms with Crippen LogP contribution in [0.1, 0.15) is 32.3 Å². The molecule has 1 aromatic rings. The maximum absolute atomic E-state index is 6.09. The molecule has 0 radical (unpaired) electrons. The van der Waals surface area contributed by atoms with Gasteiger partial charge in [-0.15, -0.1) is 0 Å². The molecule has 0 heterocycles. The number of hydrogen-bond donors (Lipinski definition) is 1. The summed E-state index contributed by atoms with van der Waals surface area (Å²) < 4.78 is 6.25. The van der Waals surface area contributed by atoms with Gasteiger partial charge in [0.25, 0.3) is 0 Å². The molecule has 0 unspecified atom stereocenters. The summed E-state index contributed by atoms with van der Waals surface area (Å²) in [6.45, 7) is 7.05. The van der Waals surface area contributed by atoms with E-state index in [1.54, 1.807) is 7.11 Å². The molecule has 0 fully saturated rings. The molecule has 108 valence electrons. The lowest BCUT2D eigenvalue weighted by Gasteiger charge is -2.30. The molecule has 0 amide bonds. The highest BCUT2D eigenvalue weighted by Gasteiger charge is 2.16. The molecule has 2 N–H and O–H groups in total. The Morgan fingerprint density at radius 1 is 1.32 bits per heavy atom. The Bertz CT molecular complexity index is 380. The number of rotatable bonds is 8. The van der Waals surface area contributed by atoms with Gasteiger partial charge in [0.2, 0.25) is 0 Å². The average molecular weight is 329 g/mol. The van der Waals surface area contributed by atoms with Crippen LogP contribution in [0, 0.1) is 0 Å². The van der Waals surface area contributed by atoms with Crippen LogP contribution in [0.25, 0.3) is 0 Å². The third kappa shape index (κ3) is 5.13. The van der Waals surface area contributed by atoms with Crippen molar-refractivity contribution in [3.8, 4) is 0 Å². The minimum absolute atomic E-state index is 0.582. The van der Waals surface area contributed by atoms with E-state index in [0.717, 1.165) is 42.7 Å². The summed E-state index contributed by atoms with van der Waals surface area (Å²) in [5.41, 5.74) is 8.13. The zero-order valence-corrected chi connectivity index (χ0v) is 13.7. The summed E-state index contributed by atoms with van der Waals surface area (Å²) in [6.07, 6.45) is 2.30. The molecular formula is C15H25BrN2O. The van der Waals surface area contributed by atoms with E-state index in [4.69, 9.17) is 10.5 Å². The van der Waals surface area contributed by atoms with E-state index in [-0.39, 0.29) is 0 Å². The predicted octanol–water partition coefficient (Wildman–Crippen LogP) is 3.67. The molecule has 1 aromatic carbocycles. The van der Waals surface area contributed by atoms with Gasteiger partial charge in [-0.3, -0.25) is 4.90 Å². The van der Waals surface area contributed by atoms with Gasteiger partial charge in [0.1, 0.15) is 0 Å². The van der Waals surface area contributed by atoms with Crippen molar-refractivity contribution >= 4 is 21.6 Å². The van der Waals surface area contributed by atoms with Gasteiger partial charge in [-0.05, 0) is 30.5 Å². The lowest BCUT2D eigenvalue weighted by molar-refractivity contribution is 0.110. The van der Waals surface area contributed by atoms with Crippen LogP contribution in [-0.2, 0) is 11.3 Å². The Morgan fingerprint density at radius 3 is 2.53 bits per heavy atom. The summed E-state index contributed by atoms with van der Waals surface area (Å²) in [5, 5.41) is 0. The van der Waals surface area contributed by atoms with Crippen LogP contribution in [0.5, 0.6) is 0 Å². The Morgan fingerprint density at radius 2 is 2.00 bits per heavy atom. The second-order valence-electron chi connectivity index (χ2n) is 4.78. The lowest BCUT2D eigenvalue weighted by atomic mass is 10.1. The fraction of sp³-hybridized carbons (Fsp3) is 0.600. The number of anilines is 1. The van der Waals surface area contributed by atoms with Crippen LogP contribution >= 0.6 is 15.9 Å². The summed E-state index contributed by atoms with van der Waals surface area (Å²) >= 11 is 3.45. The van der Waals surface area contributed by atoms with Gasteiger partial charge in [0, 0.05) is 36.4 Å². The number of ether oxygens (including phenoxy) is 1. The quantitative estimate of drug-likeness (QED) is 0.740. The fourth-order valence-electron chi connectivity index (χ4n) is 2.33. The molecule has 0 aliphatic carbocycles. The van der Waals surface area contributed by atoms with E-state index in [1.807, 2.05) is 12.1 Å². The Hall–Kier alpha value is -0.580. The maximum atomic E-state index is 6.09. The van der Waals surface area contributed by atoms with Crippen LogP contribution in [0.4, 0.5) is 5.69 Å². The number of nitrogens with two attached hydrogens (primary N) is 1. The normalized spacial score (nSPS) is 11.5.